The van der Waals surface area contributed by atoms with Crippen molar-refractivity contribution in [1.82, 2.24) is 10.2 Å². The average molecular weight is 220 g/mol. The molecule has 0 spiro atoms. The number of rotatable bonds is 3. The highest BCUT2D eigenvalue weighted by Crippen LogP contribution is 2.26. The first-order valence-corrected chi connectivity index (χ1v) is 4.30. The first kappa shape index (κ1) is 11.7. The predicted molar refractivity (Wildman–Crippen MR) is 49.2 cm³/mol. The molecule has 1 unspecified atom stereocenters. The summed E-state index contributed by atoms with van der Waals surface area (Å²) in [6, 6.07) is 1.99. The Balaban J connectivity index is 2.65. The van der Waals surface area contributed by atoms with Crippen molar-refractivity contribution in [2.24, 2.45) is 5.73 Å². The van der Waals surface area contributed by atoms with Crippen molar-refractivity contribution in [3.05, 3.63) is 17.8 Å². The molecule has 1 aromatic rings. The van der Waals surface area contributed by atoms with Gasteiger partial charge in [-0.25, -0.2) is 0 Å². The quantitative estimate of drug-likeness (QED) is 0.804. The first-order chi connectivity index (χ1) is 6.89. The Hall–Kier alpha value is -1.37. The lowest BCUT2D eigenvalue weighted by atomic mass is 10.3. The third-order valence-corrected chi connectivity index (χ3v) is 1.56. The Morgan fingerprint density at radius 3 is 2.47 bits per heavy atom. The van der Waals surface area contributed by atoms with E-state index in [2.05, 4.69) is 15.5 Å². The zero-order valence-corrected chi connectivity index (χ0v) is 8.04. The van der Waals surface area contributed by atoms with E-state index in [1.807, 2.05) is 0 Å². The molecule has 0 fully saturated rings. The maximum Gasteiger partial charge on any atom is 0.435 e. The molecule has 4 nitrogen and oxygen atoms in total. The second-order valence-corrected chi connectivity index (χ2v) is 3.16. The smallest absolute Gasteiger partial charge is 0.367 e. The fourth-order valence-corrected chi connectivity index (χ4v) is 0.843. The maximum atomic E-state index is 12.1. The fraction of sp³-hybridized carbons (Fsp3) is 0.500. The van der Waals surface area contributed by atoms with E-state index in [0.29, 0.717) is 6.54 Å². The maximum absolute atomic E-state index is 12.1. The van der Waals surface area contributed by atoms with Gasteiger partial charge in [0.25, 0.3) is 0 Å². The predicted octanol–water partition coefficient (Wildman–Crippen LogP) is 1.25. The van der Waals surface area contributed by atoms with Crippen LogP contribution in [-0.4, -0.2) is 22.8 Å². The largest absolute Gasteiger partial charge is 0.435 e. The van der Waals surface area contributed by atoms with Crippen molar-refractivity contribution in [3.63, 3.8) is 0 Å². The number of nitrogens with zero attached hydrogens (tertiary/aromatic N) is 2. The van der Waals surface area contributed by atoms with Crippen LogP contribution >= 0.6 is 0 Å². The van der Waals surface area contributed by atoms with Gasteiger partial charge < -0.3 is 11.1 Å². The number of alkyl halides is 3. The van der Waals surface area contributed by atoms with E-state index in [9.17, 15) is 13.2 Å². The number of anilines is 1. The van der Waals surface area contributed by atoms with E-state index in [1.54, 1.807) is 6.92 Å². The molecule has 1 aromatic heterocycles. The van der Waals surface area contributed by atoms with Crippen LogP contribution < -0.4 is 11.1 Å². The van der Waals surface area contributed by atoms with Gasteiger partial charge in [0.2, 0.25) is 0 Å². The highest BCUT2D eigenvalue weighted by Gasteiger charge is 2.32. The Kier molecular flexibility index (Phi) is 3.46. The van der Waals surface area contributed by atoms with Crippen LogP contribution in [0.4, 0.5) is 19.0 Å². The Morgan fingerprint density at radius 1 is 1.40 bits per heavy atom. The SMILES string of the molecule is CC(N)CNc1ccc(C(F)(F)F)nn1. The molecule has 1 atom stereocenters. The summed E-state index contributed by atoms with van der Waals surface area (Å²) in [7, 11) is 0. The lowest BCUT2D eigenvalue weighted by molar-refractivity contribution is -0.141. The molecule has 15 heavy (non-hydrogen) atoms. The molecule has 0 aliphatic carbocycles. The van der Waals surface area contributed by atoms with Crippen LogP contribution in [0.3, 0.4) is 0 Å². The van der Waals surface area contributed by atoms with Gasteiger partial charge in [-0.05, 0) is 19.1 Å². The third kappa shape index (κ3) is 3.70. The van der Waals surface area contributed by atoms with Crippen molar-refractivity contribution < 1.29 is 13.2 Å². The van der Waals surface area contributed by atoms with Gasteiger partial charge in [0.1, 0.15) is 5.82 Å². The van der Waals surface area contributed by atoms with Crippen LogP contribution in [0.1, 0.15) is 12.6 Å². The van der Waals surface area contributed by atoms with Gasteiger partial charge in [-0.3, -0.25) is 0 Å². The molecule has 0 bridgehead atoms. The molecule has 0 saturated heterocycles. The van der Waals surface area contributed by atoms with Gasteiger partial charge in [0.05, 0.1) is 0 Å². The Morgan fingerprint density at radius 2 is 2.07 bits per heavy atom. The van der Waals surface area contributed by atoms with E-state index in [-0.39, 0.29) is 11.9 Å². The summed E-state index contributed by atoms with van der Waals surface area (Å²) < 4.78 is 36.3. The van der Waals surface area contributed by atoms with Crippen LogP contribution in [-0.2, 0) is 6.18 Å². The highest BCUT2D eigenvalue weighted by molar-refractivity contribution is 5.33. The van der Waals surface area contributed by atoms with Crippen molar-refractivity contribution in [2.45, 2.75) is 19.1 Å². The summed E-state index contributed by atoms with van der Waals surface area (Å²) in [5.74, 6) is 0.278. The van der Waals surface area contributed by atoms with Crippen molar-refractivity contribution in [2.75, 3.05) is 11.9 Å². The van der Waals surface area contributed by atoms with E-state index < -0.39 is 11.9 Å². The highest BCUT2D eigenvalue weighted by atomic mass is 19.4. The van der Waals surface area contributed by atoms with Crippen LogP contribution in [0.5, 0.6) is 0 Å². The van der Waals surface area contributed by atoms with Gasteiger partial charge in [0, 0.05) is 12.6 Å². The summed E-state index contributed by atoms with van der Waals surface area (Å²) in [5.41, 5.74) is 4.44. The van der Waals surface area contributed by atoms with Crippen molar-refractivity contribution in [1.29, 1.82) is 0 Å². The number of halogens is 3. The number of hydrogen-bond acceptors (Lipinski definition) is 4. The lowest BCUT2D eigenvalue weighted by Gasteiger charge is -2.08. The molecule has 0 radical (unpaired) electrons. The van der Waals surface area contributed by atoms with Crippen LogP contribution in [0.25, 0.3) is 0 Å². The average Bonchev–Trinajstić information content (AvgIpc) is 2.14. The molecule has 3 N–H and O–H groups in total. The normalized spacial score (nSPS) is 13.7. The minimum Gasteiger partial charge on any atom is -0.367 e. The summed E-state index contributed by atoms with van der Waals surface area (Å²) >= 11 is 0. The van der Waals surface area contributed by atoms with Gasteiger partial charge in [-0.2, -0.15) is 13.2 Å². The number of nitrogens with two attached hydrogens (primary N) is 1. The van der Waals surface area contributed by atoms with E-state index in [1.165, 1.54) is 6.07 Å². The fourth-order valence-electron chi connectivity index (χ4n) is 0.843. The van der Waals surface area contributed by atoms with Gasteiger partial charge in [0.15, 0.2) is 5.69 Å². The van der Waals surface area contributed by atoms with Crippen molar-refractivity contribution in [3.8, 4) is 0 Å². The molecule has 1 rings (SSSR count). The number of aromatic nitrogens is 2. The zero-order valence-electron chi connectivity index (χ0n) is 8.04. The third-order valence-electron chi connectivity index (χ3n) is 1.56. The summed E-state index contributed by atoms with van der Waals surface area (Å²) in [6.45, 7) is 2.20. The van der Waals surface area contributed by atoms with Gasteiger partial charge >= 0.3 is 6.18 Å². The second-order valence-electron chi connectivity index (χ2n) is 3.16. The summed E-state index contributed by atoms with van der Waals surface area (Å²) in [5, 5.41) is 9.19. The minimum atomic E-state index is -4.45. The molecule has 7 heteroatoms. The van der Waals surface area contributed by atoms with Crippen LogP contribution in [0, 0.1) is 0 Å². The molecule has 1 heterocycles. The van der Waals surface area contributed by atoms with Crippen LogP contribution in [0.2, 0.25) is 0 Å². The molecule has 0 aliphatic heterocycles. The minimum absolute atomic E-state index is 0.103. The van der Waals surface area contributed by atoms with E-state index >= 15 is 0 Å². The zero-order chi connectivity index (χ0) is 11.5. The molecular weight excluding hydrogens is 209 g/mol. The molecule has 0 saturated carbocycles. The lowest BCUT2D eigenvalue weighted by Crippen LogP contribution is -2.25. The molecule has 0 aromatic carbocycles. The summed E-state index contributed by atoms with van der Waals surface area (Å²) in [6.07, 6.45) is -4.45. The Bertz CT molecular complexity index is 307. The Labute approximate surface area is 84.7 Å². The van der Waals surface area contributed by atoms with E-state index in [4.69, 9.17) is 5.73 Å². The first-order valence-electron chi connectivity index (χ1n) is 4.30. The second kappa shape index (κ2) is 4.43. The molecule has 84 valence electrons. The van der Waals surface area contributed by atoms with Crippen LogP contribution in [0.15, 0.2) is 12.1 Å². The van der Waals surface area contributed by atoms with Gasteiger partial charge in [-0.15, -0.1) is 10.2 Å². The van der Waals surface area contributed by atoms with E-state index in [0.717, 1.165) is 6.07 Å². The number of hydrogen-bond donors (Lipinski definition) is 2. The number of nitrogens with one attached hydrogen (secondary N) is 1. The summed E-state index contributed by atoms with van der Waals surface area (Å²) in [4.78, 5) is 0. The monoisotopic (exact) mass is 220 g/mol. The molecule has 0 aliphatic rings. The standard InChI is InChI=1S/C8H11F3N4/c1-5(12)4-13-7-3-2-6(14-15-7)8(9,10)11/h2-3,5H,4,12H2,1H3,(H,13,15). The molecule has 0 amide bonds. The molecular formula is C8H11F3N4. The van der Waals surface area contributed by atoms with Crippen molar-refractivity contribution >= 4 is 5.82 Å². The topological polar surface area (TPSA) is 63.8 Å². The van der Waals surface area contributed by atoms with Gasteiger partial charge in [-0.1, -0.05) is 0 Å².